The number of carboxylic acid groups (broad SMARTS) is 1. The molecule has 1 unspecified atom stereocenters. The predicted molar refractivity (Wildman–Crippen MR) is 106 cm³/mol. The highest BCUT2D eigenvalue weighted by molar-refractivity contribution is 5.83. The Morgan fingerprint density at radius 3 is 2.41 bits per heavy atom. The zero-order valence-corrected chi connectivity index (χ0v) is 16.8. The SMILES string of the molecule is COc1ccc(-c2ccc(=O)n(CC(=O)NC(CC(C)C)C(=O)O)n2)cc1OC. The molecule has 0 radical (unpaired) electrons. The molecule has 2 aromatic rings. The van der Waals surface area contributed by atoms with Crippen LogP contribution < -0.4 is 20.3 Å². The number of ether oxygens (including phenoxy) is 2. The summed E-state index contributed by atoms with van der Waals surface area (Å²) in [5, 5.41) is 15.9. The lowest BCUT2D eigenvalue weighted by molar-refractivity contribution is -0.142. The smallest absolute Gasteiger partial charge is 0.326 e. The second kappa shape index (κ2) is 9.72. The van der Waals surface area contributed by atoms with Crippen molar-refractivity contribution in [1.29, 1.82) is 0 Å². The average Bonchev–Trinajstić information content (AvgIpc) is 2.68. The topological polar surface area (TPSA) is 120 Å². The molecule has 156 valence electrons. The molecule has 1 aromatic heterocycles. The normalized spacial score (nSPS) is 11.8. The van der Waals surface area contributed by atoms with Crippen LogP contribution in [0.5, 0.6) is 11.5 Å². The van der Waals surface area contributed by atoms with E-state index in [0.717, 1.165) is 4.68 Å². The van der Waals surface area contributed by atoms with Gasteiger partial charge in [0.15, 0.2) is 11.5 Å². The fraction of sp³-hybridized carbons (Fsp3) is 0.400. The molecule has 0 bridgehead atoms. The minimum absolute atomic E-state index is 0.0885. The molecule has 2 rings (SSSR count). The van der Waals surface area contributed by atoms with E-state index in [4.69, 9.17) is 9.47 Å². The van der Waals surface area contributed by atoms with E-state index in [1.54, 1.807) is 18.2 Å². The van der Waals surface area contributed by atoms with Crippen molar-refractivity contribution in [3.8, 4) is 22.8 Å². The van der Waals surface area contributed by atoms with Gasteiger partial charge in [-0.1, -0.05) is 13.8 Å². The summed E-state index contributed by atoms with van der Waals surface area (Å²) >= 11 is 0. The van der Waals surface area contributed by atoms with E-state index in [-0.39, 0.29) is 18.9 Å². The van der Waals surface area contributed by atoms with E-state index < -0.39 is 23.5 Å². The van der Waals surface area contributed by atoms with Crippen LogP contribution in [0.15, 0.2) is 35.1 Å². The van der Waals surface area contributed by atoms with Crippen LogP contribution in [0.4, 0.5) is 0 Å². The fourth-order valence-corrected chi connectivity index (χ4v) is 2.78. The van der Waals surface area contributed by atoms with Crippen LogP contribution in [0.2, 0.25) is 0 Å². The first-order valence-corrected chi connectivity index (χ1v) is 9.07. The fourth-order valence-electron chi connectivity index (χ4n) is 2.78. The maximum atomic E-state index is 12.3. The van der Waals surface area contributed by atoms with Crippen molar-refractivity contribution in [2.45, 2.75) is 32.9 Å². The Morgan fingerprint density at radius 1 is 1.14 bits per heavy atom. The number of nitrogens with zero attached hydrogens (tertiary/aromatic N) is 2. The quantitative estimate of drug-likeness (QED) is 0.652. The van der Waals surface area contributed by atoms with Gasteiger partial charge in [-0.05, 0) is 36.6 Å². The molecule has 0 fully saturated rings. The number of carboxylic acids is 1. The summed E-state index contributed by atoms with van der Waals surface area (Å²) in [6.07, 6.45) is 0.287. The lowest BCUT2D eigenvalue weighted by Crippen LogP contribution is -2.44. The Hall–Kier alpha value is -3.36. The molecule has 1 amide bonds. The third-order valence-electron chi connectivity index (χ3n) is 4.18. The largest absolute Gasteiger partial charge is 0.493 e. The molecular weight excluding hydrogens is 378 g/mol. The van der Waals surface area contributed by atoms with Gasteiger partial charge in [0.25, 0.3) is 5.56 Å². The number of hydrogen-bond donors (Lipinski definition) is 2. The number of hydrogen-bond acceptors (Lipinski definition) is 6. The van der Waals surface area contributed by atoms with Crippen molar-refractivity contribution in [3.63, 3.8) is 0 Å². The van der Waals surface area contributed by atoms with E-state index in [2.05, 4.69) is 10.4 Å². The molecule has 29 heavy (non-hydrogen) atoms. The van der Waals surface area contributed by atoms with Gasteiger partial charge in [-0.25, -0.2) is 9.48 Å². The van der Waals surface area contributed by atoms with E-state index >= 15 is 0 Å². The van der Waals surface area contributed by atoms with Gasteiger partial charge in [0.2, 0.25) is 5.91 Å². The van der Waals surface area contributed by atoms with Crippen LogP contribution in [0.1, 0.15) is 20.3 Å². The molecule has 1 heterocycles. The number of nitrogens with one attached hydrogen (secondary N) is 1. The molecule has 0 saturated heterocycles. The average molecular weight is 403 g/mol. The molecule has 0 aliphatic carbocycles. The summed E-state index contributed by atoms with van der Waals surface area (Å²) in [6.45, 7) is 3.34. The molecule has 0 aliphatic heterocycles. The molecule has 9 nitrogen and oxygen atoms in total. The van der Waals surface area contributed by atoms with Gasteiger partial charge in [0.05, 0.1) is 19.9 Å². The van der Waals surface area contributed by atoms with Crippen molar-refractivity contribution in [3.05, 3.63) is 40.7 Å². The van der Waals surface area contributed by atoms with Gasteiger partial charge >= 0.3 is 5.97 Å². The number of carbonyl (C=O) groups excluding carboxylic acids is 1. The number of aliphatic carboxylic acids is 1. The van der Waals surface area contributed by atoms with E-state index in [0.29, 0.717) is 22.8 Å². The molecular formula is C20H25N3O6. The van der Waals surface area contributed by atoms with E-state index in [1.807, 2.05) is 13.8 Å². The summed E-state index contributed by atoms with van der Waals surface area (Å²) < 4.78 is 11.5. The highest BCUT2D eigenvalue weighted by Crippen LogP contribution is 2.31. The van der Waals surface area contributed by atoms with Gasteiger partial charge in [-0.15, -0.1) is 0 Å². The van der Waals surface area contributed by atoms with Crippen LogP contribution in [0.3, 0.4) is 0 Å². The Kier molecular flexibility index (Phi) is 7.35. The van der Waals surface area contributed by atoms with Crippen molar-refractivity contribution in [2.24, 2.45) is 5.92 Å². The van der Waals surface area contributed by atoms with Crippen LogP contribution in [-0.4, -0.2) is 47.0 Å². The van der Waals surface area contributed by atoms with E-state index in [1.165, 1.54) is 26.4 Å². The molecule has 0 saturated carbocycles. The number of rotatable bonds is 9. The Balaban J connectivity index is 2.24. The summed E-state index contributed by atoms with van der Waals surface area (Å²) in [4.78, 5) is 35.7. The first-order chi connectivity index (χ1) is 13.7. The molecule has 0 aliphatic rings. The van der Waals surface area contributed by atoms with Crippen molar-refractivity contribution < 1.29 is 24.2 Å². The summed E-state index contributed by atoms with van der Waals surface area (Å²) in [5.74, 6) is -0.580. The highest BCUT2D eigenvalue weighted by Gasteiger charge is 2.21. The van der Waals surface area contributed by atoms with Crippen molar-refractivity contribution >= 4 is 11.9 Å². The van der Waals surface area contributed by atoms with Gasteiger partial charge in [0.1, 0.15) is 12.6 Å². The molecule has 2 N–H and O–H groups in total. The second-order valence-corrected chi connectivity index (χ2v) is 6.87. The summed E-state index contributed by atoms with van der Waals surface area (Å²) in [5.41, 5.74) is 0.649. The molecule has 0 spiro atoms. The van der Waals surface area contributed by atoms with Crippen LogP contribution >= 0.6 is 0 Å². The predicted octanol–water partition coefficient (Wildman–Crippen LogP) is 1.54. The maximum Gasteiger partial charge on any atom is 0.326 e. The van der Waals surface area contributed by atoms with Gasteiger partial charge in [0, 0.05) is 11.6 Å². The zero-order chi connectivity index (χ0) is 21.6. The summed E-state index contributed by atoms with van der Waals surface area (Å²) in [6, 6.07) is 6.99. The Bertz CT molecular complexity index is 938. The van der Waals surface area contributed by atoms with Crippen LogP contribution in [-0.2, 0) is 16.1 Å². The zero-order valence-electron chi connectivity index (χ0n) is 16.8. The van der Waals surface area contributed by atoms with E-state index in [9.17, 15) is 19.5 Å². The third kappa shape index (κ3) is 5.81. The van der Waals surface area contributed by atoms with Crippen molar-refractivity contribution in [2.75, 3.05) is 14.2 Å². The lowest BCUT2D eigenvalue weighted by Gasteiger charge is -2.16. The first kappa shape index (κ1) is 21.9. The van der Waals surface area contributed by atoms with Crippen LogP contribution in [0, 0.1) is 5.92 Å². The Morgan fingerprint density at radius 2 is 1.83 bits per heavy atom. The van der Waals surface area contributed by atoms with Gasteiger partial charge < -0.3 is 19.9 Å². The van der Waals surface area contributed by atoms with Crippen molar-refractivity contribution in [1.82, 2.24) is 15.1 Å². The first-order valence-electron chi connectivity index (χ1n) is 9.07. The monoisotopic (exact) mass is 403 g/mol. The molecule has 1 aromatic carbocycles. The summed E-state index contributed by atoms with van der Waals surface area (Å²) in [7, 11) is 3.04. The van der Waals surface area contributed by atoms with Gasteiger partial charge in [-0.2, -0.15) is 5.10 Å². The second-order valence-electron chi connectivity index (χ2n) is 6.87. The number of amides is 1. The number of methoxy groups -OCH3 is 2. The van der Waals surface area contributed by atoms with Gasteiger partial charge in [-0.3, -0.25) is 9.59 Å². The number of carbonyl (C=O) groups is 2. The molecule has 9 heteroatoms. The number of benzene rings is 1. The minimum atomic E-state index is -1.12. The number of aromatic nitrogens is 2. The lowest BCUT2D eigenvalue weighted by atomic mass is 10.0. The minimum Gasteiger partial charge on any atom is -0.493 e. The third-order valence-corrected chi connectivity index (χ3v) is 4.18. The molecule has 1 atom stereocenters. The maximum absolute atomic E-state index is 12.3. The highest BCUT2D eigenvalue weighted by atomic mass is 16.5. The Labute approximate surface area is 168 Å². The van der Waals surface area contributed by atoms with Crippen LogP contribution in [0.25, 0.3) is 11.3 Å². The standard InChI is InChI=1S/C20H25N3O6/c1-12(2)9-15(20(26)27)21-18(24)11-23-19(25)8-6-14(22-23)13-5-7-16(28-3)17(10-13)29-4/h5-8,10,12,15H,9,11H2,1-4H3,(H,21,24)(H,26,27).